The van der Waals surface area contributed by atoms with E-state index in [1.807, 2.05) is 0 Å². The van der Waals surface area contributed by atoms with Gasteiger partial charge in [-0.25, -0.2) is 4.39 Å². The van der Waals surface area contributed by atoms with Crippen LogP contribution < -0.4 is 0 Å². The van der Waals surface area contributed by atoms with Gasteiger partial charge in [0.25, 0.3) is 5.89 Å². The van der Waals surface area contributed by atoms with Crippen molar-refractivity contribution in [1.29, 1.82) is 0 Å². The van der Waals surface area contributed by atoms with Crippen LogP contribution in [0.25, 0.3) is 11.5 Å². The highest BCUT2D eigenvalue weighted by atomic mass is 19.1. The molecule has 1 aromatic carbocycles. The van der Waals surface area contributed by atoms with Crippen LogP contribution in [-0.4, -0.2) is 22.4 Å². The van der Waals surface area contributed by atoms with Crippen molar-refractivity contribution in [3.8, 4) is 17.2 Å². The summed E-state index contributed by atoms with van der Waals surface area (Å²) in [7, 11) is 1.60. The molecule has 19 heavy (non-hydrogen) atoms. The van der Waals surface area contributed by atoms with E-state index in [-0.39, 0.29) is 23.3 Å². The summed E-state index contributed by atoms with van der Waals surface area (Å²) in [4.78, 5) is 4.19. The lowest BCUT2D eigenvalue weighted by Gasteiger charge is -2.08. The molecular formula is C13H13FN2O3. The average molecular weight is 264 g/mol. The Morgan fingerprint density at radius 2 is 2.26 bits per heavy atom. The van der Waals surface area contributed by atoms with Crippen LogP contribution in [-0.2, 0) is 4.74 Å². The third-order valence-corrected chi connectivity index (χ3v) is 3.19. The maximum Gasteiger partial charge on any atom is 0.261 e. The summed E-state index contributed by atoms with van der Waals surface area (Å²) in [6.07, 6.45) is 1.95. The van der Waals surface area contributed by atoms with Gasteiger partial charge >= 0.3 is 0 Å². The maximum absolute atomic E-state index is 13.2. The fourth-order valence-electron chi connectivity index (χ4n) is 2.05. The summed E-state index contributed by atoms with van der Waals surface area (Å²) >= 11 is 0. The summed E-state index contributed by atoms with van der Waals surface area (Å²) in [5.41, 5.74) is 0.185. The lowest BCUT2D eigenvalue weighted by Crippen LogP contribution is -2.05. The van der Waals surface area contributed by atoms with E-state index >= 15 is 0 Å². The van der Waals surface area contributed by atoms with Crippen LogP contribution >= 0.6 is 0 Å². The molecule has 0 aliphatic heterocycles. The van der Waals surface area contributed by atoms with Gasteiger partial charge in [-0.1, -0.05) is 5.16 Å². The molecular weight excluding hydrogens is 251 g/mol. The first kappa shape index (κ1) is 12.1. The van der Waals surface area contributed by atoms with Crippen molar-refractivity contribution in [3.05, 3.63) is 29.8 Å². The summed E-state index contributed by atoms with van der Waals surface area (Å²) in [6.45, 7) is 0. The number of hydrogen-bond acceptors (Lipinski definition) is 5. The highest BCUT2D eigenvalue weighted by Crippen LogP contribution is 2.42. The number of halogens is 1. The first-order chi connectivity index (χ1) is 9.19. The van der Waals surface area contributed by atoms with Crippen molar-refractivity contribution in [2.75, 3.05) is 7.11 Å². The molecule has 1 unspecified atom stereocenters. The first-order valence-corrected chi connectivity index (χ1v) is 6.04. The zero-order valence-electron chi connectivity index (χ0n) is 10.3. The molecule has 6 heteroatoms. The summed E-state index contributed by atoms with van der Waals surface area (Å²) in [5.74, 6) is 0.366. The number of nitrogens with zero attached hydrogens (tertiary/aromatic N) is 2. The van der Waals surface area contributed by atoms with Crippen molar-refractivity contribution in [2.45, 2.75) is 18.9 Å². The van der Waals surface area contributed by atoms with E-state index in [9.17, 15) is 9.50 Å². The van der Waals surface area contributed by atoms with E-state index in [2.05, 4.69) is 10.1 Å². The number of benzene rings is 1. The van der Waals surface area contributed by atoms with Crippen LogP contribution in [0.5, 0.6) is 5.75 Å². The van der Waals surface area contributed by atoms with Gasteiger partial charge in [-0.15, -0.1) is 0 Å². The Morgan fingerprint density at radius 1 is 1.47 bits per heavy atom. The summed E-state index contributed by atoms with van der Waals surface area (Å²) < 4.78 is 23.6. The maximum atomic E-state index is 13.2. The minimum Gasteiger partial charge on any atom is -0.507 e. The van der Waals surface area contributed by atoms with Crippen molar-refractivity contribution < 1.29 is 18.8 Å². The normalized spacial score (nSPS) is 16.5. The Balaban J connectivity index is 1.94. The molecule has 5 nitrogen and oxygen atoms in total. The van der Waals surface area contributed by atoms with Gasteiger partial charge in [-0.3, -0.25) is 0 Å². The predicted molar refractivity (Wildman–Crippen MR) is 63.8 cm³/mol. The van der Waals surface area contributed by atoms with Crippen molar-refractivity contribution in [2.24, 2.45) is 5.92 Å². The predicted octanol–water partition coefficient (Wildman–Crippen LogP) is 2.68. The van der Waals surface area contributed by atoms with Crippen molar-refractivity contribution in [1.82, 2.24) is 10.1 Å². The average Bonchev–Trinajstić information content (AvgIpc) is 3.11. The van der Waals surface area contributed by atoms with E-state index in [4.69, 9.17) is 9.26 Å². The van der Waals surface area contributed by atoms with Crippen LogP contribution in [0.2, 0.25) is 0 Å². The zero-order valence-corrected chi connectivity index (χ0v) is 10.3. The van der Waals surface area contributed by atoms with E-state index in [0.717, 1.165) is 25.0 Å². The minimum absolute atomic E-state index is 0.0923. The Kier molecular flexibility index (Phi) is 2.94. The zero-order chi connectivity index (χ0) is 13.4. The molecule has 0 saturated heterocycles. The summed E-state index contributed by atoms with van der Waals surface area (Å²) in [5, 5.41) is 13.5. The van der Waals surface area contributed by atoms with Crippen molar-refractivity contribution in [3.63, 3.8) is 0 Å². The van der Waals surface area contributed by atoms with Crippen LogP contribution in [0.1, 0.15) is 24.8 Å². The van der Waals surface area contributed by atoms with E-state index in [1.54, 1.807) is 7.11 Å². The minimum atomic E-state index is -0.474. The Hall–Kier alpha value is -1.95. The number of ether oxygens (including phenoxy) is 1. The topological polar surface area (TPSA) is 68.4 Å². The number of phenols is 1. The smallest absolute Gasteiger partial charge is 0.261 e. The number of aromatic hydroxyl groups is 1. The highest BCUT2D eigenvalue weighted by Gasteiger charge is 2.35. The molecule has 1 aliphatic rings. The molecule has 0 spiro atoms. The van der Waals surface area contributed by atoms with Crippen molar-refractivity contribution >= 4 is 0 Å². The fourth-order valence-corrected chi connectivity index (χ4v) is 2.05. The number of phenolic OH excluding ortho intramolecular Hbond substituents is 1. The lowest BCUT2D eigenvalue weighted by molar-refractivity contribution is 0.0751. The van der Waals surface area contributed by atoms with Gasteiger partial charge in [0.2, 0.25) is 5.82 Å². The van der Waals surface area contributed by atoms with Gasteiger partial charge in [-0.05, 0) is 37.0 Å². The number of aromatic nitrogens is 2. The molecule has 2 aromatic rings. The lowest BCUT2D eigenvalue weighted by atomic mass is 10.2. The van der Waals surface area contributed by atoms with Crippen LogP contribution in [0.4, 0.5) is 4.39 Å². The molecule has 1 heterocycles. The first-order valence-electron chi connectivity index (χ1n) is 6.04. The molecule has 0 radical (unpaired) electrons. The molecule has 0 bridgehead atoms. The standard InChI is InChI=1S/C13H13FN2O3/c1-18-11(7-2-3-7)12-15-13(19-16-12)9-6-8(14)4-5-10(9)17/h4-7,11,17H,2-3H2,1H3. The molecule has 1 N–H and O–H groups in total. The molecule has 100 valence electrons. The molecule has 1 aliphatic carbocycles. The molecule has 1 atom stereocenters. The number of methoxy groups -OCH3 is 1. The second-order valence-corrected chi connectivity index (χ2v) is 4.61. The van der Waals surface area contributed by atoms with E-state index in [1.165, 1.54) is 6.07 Å². The van der Waals surface area contributed by atoms with E-state index in [0.29, 0.717) is 11.7 Å². The number of rotatable bonds is 4. The second-order valence-electron chi connectivity index (χ2n) is 4.61. The van der Waals surface area contributed by atoms with Crippen LogP contribution in [0.3, 0.4) is 0 Å². The SMILES string of the molecule is COC(c1noc(-c2cc(F)ccc2O)n1)C1CC1. The van der Waals surface area contributed by atoms with Gasteiger partial charge in [-0.2, -0.15) is 4.98 Å². The second kappa shape index (κ2) is 4.62. The van der Waals surface area contributed by atoms with Gasteiger partial charge in [0.1, 0.15) is 17.7 Å². The van der Waals surface area contributed by atoms with Gasteiger partial charge < -0.3 is 14.4 Å². The Morgan fingerprint density at radius 3 is 2.95 bits per heavy atom. The molecule has 1 saturated carbocycles. The van der Waals surface area contributed by atoms with Crippen LogP contribution in [0.15, 0.2) is 22.7 Å². The van der Waals surface area contributed by atoms with Gasteiger partial charge in [0.05, 0.1) is 5.56 Å². The largest absolute Gasteiger partial charge is 0.507 e. The highest BCUT2D eigenvalue weighted by molar-refractivity contribution is 5.61. The Bertz CT molecular complexity index is 595. The molecule has 1 aromatic heterocycles. The quantitative estimate of drug-likeness (QED) is 0.919. The Labute approximate surface area is 109 Å². The van der Waals surface area contributed by atoms with Gasteiger partial charge in [0.15, 0.2) is 0 Å². The molecule has 3 rings (SSSR count). The molecule has 1 fully saturated rings. The van der Waals surface area contributed by atoms with E-state index < -0.39 is 5.82 Å². The number of hydrogen-bond donors (Lipinski definition) is 1. The van der Waals surface area contributed by atoms with Crippen LogP contribution in [0, 0.1) is 11.7 Å². The molecule has 0 amide bonds. The third kappa shape index (κ3) is 2.31. The van der Waals surface area contributed by atoms with Gasteiger partial charge in [0, 0.05) is 7.11 Å². The monoisotopic (exact) mass is 264 g/mol. The summed E-state index contributed by atoms with van der Waals surface area (Å²) in [6, 6.07) is 3.58. The third-order valence-electron chi connectivity index (χ3n) is 3.19. The fraction of sp³-hybridized carbons (Fsp3) is 0.385.